The van der Waals surface area contributed by atoms with E-state index < -0.39 is 21.5 Å². The molecule has 0 N–H and O–H groups in total. The van der Waals surface area contributed by atoms with Gasteiger partial charge in [0.2, 0.25) is 0 Å². The molecule has 0 saturated carbocycles. The molecule has 2 aromatic carbocycles. The standard InChI is InChI=1S/C13H10FNO3S/c14-12-3-1-2-4-13(12)19(18)9-10-5-7-11(8-6-10)15(16)17/h1-8H,9H2. The van der Waals surface area contributed by atoms with Gasteiger partial charge in [0.1, 0.15) is 5.82 Å². The molecule has 0 aliphatic carbocycles. The van der Waals surface area contributed by atoms with E-state index in [-0.39, 0.29) is 16.3 Å². The quantitative estimate of drug-likeness (QED) is 0.638. The van der Waals surface area contributed by atoms with Gasteiger partial charge in [0, 0.05) is 12.1 Å². The predicted octanol–water partition coefficient (Wildman–Crippen LogP) is 3.04. The fourth-order valence-electron chi connectivity index (χ4n) is 1.57. The van der Waals surface area contributed by atoms with Crippen LogP contribution in [0.25, 0.3) is 0 Å². The van der Waals surface area contributed by atoms with Crippen LogP contribution in [0.4, 0.5) is 10.1 Å². The van der Waals surface area contributed by atoms with E-state index in [2.05, 4.69) is 0 Å². The molecule has 0 heterocycles. The second-order valence-electron chi connectivity index (χ2n) is 3.84. The van der Waals surface area contributed by atoms with Crippen LogP contribution in [-0.2, 0) is 16.6 Å². The fourth-order valence-corrected chi connectivity index (χ4v) is 2.74. The first-order valence-electron chi connectivity index (χ1n) is 5.44. The van der Waals surface area contributed by atoms with Gasteiger partial charge < -0.3 is 0 Å². The van der Waals surface area contributed by atoms with E-state index in [0.717, 1.165) is 0 Å². The van der Waals surface area contributed by atoms with Gasteiger partial charge in [-0.3, -0.25) is 14.3 Å². The molecule has 19 heavy (non-hydrogen) atoms. The zero-order valence-corrected chi connectivity index (χ0v) is 10.6. The second kappa shape index (κ2) is 5.71. The average Bonchev–Trinajstić information content (AvgIpc) is 2.39. The van der Waals surface area contributed by atoms with Crippen LogP contribution in [-0.4, -0.2) is 9.13 Å². The number of nitro groups is 1. The van der Waals surface area contributed by atoms with Crippen LogP contribution >= 0.6 is 0 Å². The van der Waals surface area contributed by atoms with Gasteiger partial charge in [-0.25, -0.2) is 4.39 Å². The number of hydrogen-bond acceptors (Lipinski definition) is 3. The molecule has 0 aliphatic heterocycles. The summed E-state index contributed by atoms with van der Waals surface area (Å²) in [5.41, 5.74) is 0.632. The minimum absolute atomic E-state index is 0.0274. The van der Waals surface area contributed by atoms with Crippen LogP contribution in [0.15, 0.2) is 53.4 Å². The molecule has 0 amide bonds. The molecule has 0 aliphatic rings. The number of halogens is 1. The summed E-state index contributed by atoms with van der Waals surface area (Å²) < 4.78 is 25.4. The number of benzene rings is 2. The number of hydrogen-bond donors (Lipinski definition) is 0. The SMILES string of the molecule is O=[N+]([O-])c1ccc(CS(=O)c2ccccc2F)cc1. The van der Waals surface area contributed by atoms with Crippen molar-refractivity contribution in [2.75, 3.05) is 0 Å². The highest BCUT2D eigenvalue weighted by atomic mass is 32.2. The Morgan fingerprint density at radius 3 is 2.32 bits per heavy atom. The monoisotopic (exact) mass is 279 g/mol. The topological polar surface area (TPSA) is 60.2 Å². The second-order valence-corrected chi connectivity index (χ2v) is 5.26. The fraction of sp³-hybridized carbons (Fsp3) is 0.0769. The summed E-state index contributed by atoms with van der Waals surface area (Å²) in [5.74, 6) is -0.387. The maximum Gasteiger partial charge on any atom is 0.269 e. The molecular formula is C13H10FNO3S. The zero-order valence-electron chi connectivity index (χ0n) is 9.78. The third-order valence-electron chi connectivity index (χ3n) is 2.53. The minimum atomic E-state index is -1.51. The van der Waals surface area contributed by atoms with E-state index in [1.165, 1.54) is 42.5 Å². The van der Waals surface area contributed by atoms with Gasteiger partial charge in [0.15, 0.2) is 0 Å². The Kier molecular flexibility index (Phi) is 4.01. The Balaban J connectivity index is 2.15. The van der Waals surface area contributed by atoms with Gasteiger partial charge in [0.25, 0.3) is 5.69 Å². The summed E-state index contributed by atoms with van der Waals surface area (Å²) in [6.45, 7) is 0. The lowest BCUT2D eigenvalue weighted by molar-refractivity contribution is -0.384. The largest absolute Gasteiger partial charge is 0.269 e. The molecule has 1 atom stereocenters. The molecule has 0 bridgehead atoms. The Bertz CT molecular complexity index is 628. The van der Waals surface area contributed by atoms with Crippen molar-refractivity contribution < 1.29 is 13.5 Å². The first kappa shape index (κ1) is 13.4. The zero-order chi connectivity index (χ0) is 13.8. The van der Waals surface area contributed by atoms with Crippen LogP contribution in [0, 0.1) is 15.9 Å². The lowest BCUT2D eigenvalue weighted by Gasteiger charge is -2.03. The number of rotatable bonds is 4. The van der Waals surface area contributed by atoms with E-state index in [0.29, 0.717) is 5.56 Å². The molecule has 0 aromatic heterocycles. The van der Waals surface area contributed by atoms with Crippen LogP contribution in [0.5, 0.6) is 0 Å². The first-order chi connectivity index (χ1) is 9.08. The molecule has 98 valence electrons. The number of nitro benzene ring substituents is 1. The Morgan fingerprint density at radius 2 is 1.74 bits per heavy atom. The number of nitrogens with zero attached hydrogens (tertiary/aromatic N) is 1. The van der Waals surface area contributed by atoms with Crippen LogP contribution in [0.1, 0.15) is 5.56 Å². The van der Waals surface area contributed by atoms with E-state index in [4.69, 9.17) is 0 Å². The maximum atomic E-state index is 13.4. The smallest absolute Gasteiger partial charge is 0.258 e. The molecule has 6 heteroatoms. The van der Waals surface area contributed by atoms with Crippen LogP contribution < -0.4 is 0 Å². The lowest BCUT2D eigenvalue weighted by Crippen LogP contribution is -1.99. The highest BCUT2D eigenvalue weighted by molar-refractivity contribution is 7.84. The first-order valence-corrected chi connectivity index (χ1v) is 6.76. The molecular weight excluding hydrogens is 269 g/mol. The van der Waals surface area contributed by atoms with E-state index in [9.17, 15) is 18.7 Å². The molecule has 0 fully saturated rings. The highest BCUT2D eigenvalue weighted by Gasteiger charge is 2.11. The summed E-state index contributed by atoms with van der Waals surface area (Å²) >= 11 is 0. The summed E-state index contributed by atoms with van der Waals surface area (Å²) in [4.78, 5) is 10.1. The molecule has 1 unspecified atom stereocenters. The van der Waals surface area contributed by atoms with Crippen molar-refractivity contribution in [3.63, 3.8) is 0 Å². The molecule has 0 radical (unpaired) electrons. The summed E-state index contributed by atoms with van der Waals surface area (Å²) in [6.07, 6.45) is 0. The van der Waals surface area contributed by atoms with Gasteiger partial charge in [-0.2, -0.15) is 0 Å². The van der Waals surface area contributed by atoms with Crippen LogP contribution in [0.2, 0.25) is 0 Å². The highest BCUT2D eigenvalue weighted by Crippen LogP contribution is 2.18. The lowest BCUT2D eigenvalue weighted by atomic mass is 10.2. The van der Waals surface area contributed by atoms with Gasteiger partial charge >= 0.3 is 0 Å². The predicted molar refractivity (Wildman–Crippen MR) is 69.6 cm³/mol. The summed E-state index contributed by atoms with van der Waals surface area (Å²) in [7, 11) is -1.51. The Morgan fingerprint density at radius 1 is 1.11 bits per heavy atom. The molecule has 4 nitrogen and oxygen atoms in total. The molecule has 0 saturated heterocycles. The third-order valence-corrected chi connectivity index (χ3v) is 3.94. The van der Waals surface area contributed by atoms with Crippen molar-refractivity contribution in [1.29, 1.82) is 0 Å². The normalized spacial score (nSPS) is 12.1. The van der Waals surface area contributed by atoms with Gasteiger partial charge in [-0.15, -0.1) is 0 Å². The minimum Gasteiger partial charge on any atom is -0.258 e. The Labute approximate surface area is 111 Å². The average molecular weight is 279 g/mol. The van der Waals surface area contributed by atoms with Crippen LogP contribution in [0.3, 0.4) is 0 Å². The Hall–Kier alpha value is -2.08. The van der Waals surface area contributed by atoms with E-state index in [1.807, 2.05) is 0 Å². The summed E-state index contributed by atoms with van der Waals surface area (Å²) in [6, 6.07) is 11.6. The van der Waals surface area contributed by atoms with Crippen molar-refractivity contribution >= 4 is 16.5 Å². The number of non-ortho nitro benzene ring substituents is 1. The van der Waals surface area contributed by atoms with Crippen molar-refractivity contribution in [2.24, 2.45) is 0 Å². The molecule has 0 spiro atoms. The van der Waals surface area contributed by atoms with Crippen molar-refractivity contribution in [3.8, 4) is 0 Å². The van der Waals surface area contributed by atoms with Gasteiger partial charge in [-0.1, -0.05) is 24.3 Å². The van der Waals surface area contributed by atoms with E-state index in [1.54, 1.807) is 6.07 Å². The van der Waals surface area contributed by atoms with E-state index >= 15 is 0 Å². The third kappa shape index (κ3) is 3.23. The molecule has 2 rings (SSSR count). The van der Waals surface area contributed by atoms with Crippen molar-refractivity contribution in [2.45, 2.75) is 10.6 Å². The van der Waals surface area contributed by atoms with Gasteiger partial charge in [-0.05, 0) is 17.7 Å². The summed E-state index contributed by atoms with van der Waals surface area (Å²) in [5, 5.41) is 10.5. The maximum absolute atomic E-state index is 13.4. The van der Waals surface area contributed by atoms with Crippen molar-refractivity contribution in [3.05, 3.63) is 70.0 Å². The van der Waals surface area contributed by atoms with Crippen molar-refractivity contribution in [1.82, 2.24) is 0 Å². The van der Waals surface area contributed by atoms with Gasteiger partial charge in [0.05, 0.1) is 26.4 Å². The molecule has 2 aromatic rings.